The molecule has 0 bridgehead atoms. The molecule has 0 saturated carbocycles. The molecular weight excluding hydrogens is 334 g/mol. The second kappa shape index (κ2) is 8.48. The van der Waals surface area contributed by atoms with E-state index in [9.17, 15) is 0 Å². The van der Waals surface area contributed by atoms with Crippen molar-refractivity contribution in [3.05, 3.63) is 53.1 Å². The van der Waals surface area contributed by atoms with Gasteiger partial charge in [0.2, 0.25) is 0 Å². The van der Waals surface area contributed by atoms with Gasteiger partial charge in [0, 0.05) is 11.8 Å². The van der Waals surface area contributed by atoms with Gasteiger partial charge in [-0.2, -0.15) is 5.10 Å². The third-order valence-electron chi connectivity index (χ3n) is 3.89. The second-order valence-corrected chi connectivity index (χ2v) is 6.04. The molecule has 0 saturated heterocycles. The van der Waals surface area contributed by atoms with Crippen molar-refractivity contribution >= 4 is 28.7 Å². The zero-order chi connectivity index (χ0) is 18.4. The Morgan fingerprint density at radius 3 is 2.32 bits per heavy atom. The van der Waals surface area contributed by atoms with E-state index in [1.165, 1.54) is 11.1 Å². The molecular formula is C19H23N3O2S. The SMILES string of the molecule is COc1ccc(NC(=S)N/N=C(/C)c2ccc(C)c(C)c2)cc1OC. The predicted octanol–water partition coefficient (Wildman–Crippen LogP) is 4.03. The Balaban J connectivity index is 2.03. The number of benzene rings is 2. The lowest BCUT2D eigenvalue weighted by Crippen LogP contribution is -2.25. The summed E-state index contributed by atoms with van der Waals surface area (Å²) in [4.78, 5) is 0. The first-order chi connectivity index (χ1) is 11.9. The number of hydrogen-bond acceptors (Lipinski definition) is 4. The summed E-state index contributed by atoms with van der Waals surface area (Å²) >= 11 is 5.29. The van der Waals surface area contributed by atoms with Crippen LogP contribution in [0.25, 0.3) is 0 Å². The van der Waals surface area contributed by atoms with Crippen LogP contribution in [-0.4, -0.2) is 25.0 Å². The highest BCUT2D eigenvalue weighted by molar-refractivity contribution is 7.80. The van der Waals surface area contributed by atoms with Crippen molar-refractivity contribution in [3.8, 4) is 11.5 Å². The fourth-order valence-electron chi connectivity index (χ4n) is 2.24. The van der Waals surface area contributed by atoms with Crippen LogP contribution in [-0.2, 0) is 0 Å². The zero-order valence-electron chi connectivity index (χ0n) is 15.1. The summed E-state index contributed by atoms with van der Waals surface area (Å²) in [7, 11) is 3.19. The van der Waals surface area contributed by atoms with E-state index in [1.54, 1.807) is 14.2 Å². The van der Waals surface area contributed by atoms with Gasteiger partial charge < -0.3 is 14.8 Å². The second-order valence-electron chi connectivity index (χ2n) is 5.63. The van der Waals surface area contributed by atoms with Crippen LogP contribution in [0.2, 0.25) is 0 Å². The van der Waals surface area contributed by atoms with E-state index >= 15 is 0 Å². The Kier molecular flexibility index (Phi) is 6.36. The van der Waals surface area contributed by atoms with Crippen LogP contribution in [0.1, 0.15) is 23.6 Å². The lowest BCUT2D eigenvalue weighted by molar-refractivity contribution is 0.355. The first kappa shape index (κ1) is 18.7. The van der Waals surface area contributed by atoms with Crippen LogP contribution >= 0.6 is 12.2 Å². The molecule has 6 heteroatoms. The van der Waals surface area contributed by atoms with Crippen LogP contribution in [0.3, 0.4) is 0 Å². The molecule has 2 N–H and O–H groups in total. The lowest BCUT2D eigenvalue weighted by Gasteiger charge is -2.12. The maximum Gasteiger partial charge on any atom is 0.191 e. The van der Waals surface area contributed by atoms with E-state index in [-0.39, 0.29) is 0 Å². The van der Waals surface area contributed by atoms with Gasteiger partial charge in [-0.25, -0.2) is 0 Å². The minimum absolute atomic E-state index is 0.399. The van der Waals surface area contributed by atoms with Gasteiger partial charge in [0.15, 0.2) is 16.6 Å². The Labute approximate surface area is 154 Å². The smallest absolute Gasteiger partial charge is 0.191 e. The summed E-state index contributed by atoms with van der Waals surface area (Å²) in [5.41, 5.74) is 8.07. The zero-order valence-corrected chi connectivity index (χ0v) is 16.0. The van der Waals surface area contributed by atoms with Gasteiger partial charge >= 0.3 is 0 Å². The van der Waals surface area contributed by atoms with Crippen molar-refractivity contribution < 1.29 is 9.47 Å². The molecule has 0 spiro atoms. The standard InChI is InChI=1S/C19H23N3O2S/c1-12-6-7-15(10-13(12)2)14(3)21-22-19(25)20-16-8-9-17(23-4)18(11-16)24-5/h6-11H,1-5H3,(H2,20,22,25)/b21-14-. The van der Waals surface area contributed by atoms with Gasteiger partial charge in [-0.1, -0.05) is 12.1 Å². The number of aryl methyl sites for hydroxylation is 2. The van der Waals surface area contributed by atoms with Crippen LogP contribution in [0.5, 0.6) is 11.5 Å². The summed E-state index contributed by atoms with van der Waals surface area (Å²) in [6.07, 6.45) is 0. The minimum atomic E-state index is 0.399. The third kappa shape index (κ3) is 4.93. The van der Waals surface area contributed by atoms with E-state index in [0.29, 0.717) is 16.6 Å². The molecule has 0 fully saturated rings. The topological polar surface area (TPSA) is 54.9 Å². The van der Waals surface area contributed by atoms with Crippen LogP contribution < -0.4 is 20.2 Å². The number of ether oxygens (including phenoxy) is 2. The molecule has 2 rings (SSSR count). The van der Waals surface area contributed by atoms with E-state index in [0.717, 1.165) is 17.0 Å². The molecule has 132 valence electrons. The highest BCUT2D eigenvalue weighted by atomic mass is 32.1. The molecule has 0 aromatic heterocycles. The molecule has 0 heterocycles. The average Bonchev–Trinajstić information content (AvgIpc) is 2.61. The first-order valence-corrected chi connectivity index (χ1v) is 8.26. The molecule has 0 radical (unpaired) electrons. The van der Waals surface area contributed by atoms with Crippen molar-refractivity contribution in [2.24, 2.45) is 5.10 Å². The minimum Gasteiger partial charge on any atom is -0.493 e. The largest absolute Gasteiger partial charge is 0.493 e. The summed E-state index contributed by atoms with van der Waals surface area (Å²) in [5.74, 6) is 1.29. The molecule has 0 atom stereocenters. The molecule has 5 nitrogen and oxygen atoms in total. The molecule has 2 aromatic carbocycles. The van der Waals surface area contributed by atoms with Crippen LogP contribution in [0.4, 0.5) is 5.69 Å². The van der Waals surface area contributed by atoms with Crippen LogP contribution in [0, 0.1) is 13.8 Å². The van der Waals surface area contributed by atoms with Gasteiger partial charge in [0.25, 0.3) is 0 Å². The molecule has 0 aliphatic rings. The Hall–Kier alpha value is -2.60. The van der Waals surface area contributed by atoms with Gasteiger partial charge in [0.05, 0.1) is 19.9 Å². The quantitative estimate of drug-likeness (QED) is 0.481. The monoisotopic (exact) mass is 357 g/mol. The number of nitrogens with zero attached hydrogens (tertiary/aromatic N) is 1. The summed E-state index contributed by atoms with van der Waals surface area (Å²) in [6, 6.07) is 11.7. The van der Waals surface area contributed by atoms with Crippen molar-refractivity contribution in [2.75, 3.05) is 19.5 Å². The molecule has 0 aliphatic carbocycles. The maximum atomic E-state index is 5.29. The molecule has 0 aliphatic heterocycles. The molecule has 2 aromatic rings. The number of nitrogens with one attached hydrogen (secondary N) is 2. The highest BCUT2D eigenvalue weighted by Gasteiger charge is 2.06. The van der Waals surface area contributed by atoms with E-state index in [2.05, 4.69) is 41.8 Å². The maximum absolute atomic E-state index is 5.29. The summed E-state index contributed by atoms with van der Waals surface area (Å²) in [6.45, 7) is 6.12. The Morgan fingerprint density at radius 2 is 1.68 bits per heavy atom. The average molecular weight is 357 g/mol. The number of thiocarbonyl (C=S) groups is 1. The fourth-order valence-corrected chi connectivity index (χ4v) is 2.40. The van der Waals surface area contributed by atoms with Crippen molar-refractivity contribution in [1.29, 1.82) is 0 Å². The van der Waals surface area contributed by atoms with Gasteiger partial charge in [-0.05, 0) is 67.9 Å². The Morgan fingerprint density at radius 1 is 0.960 bits per heavy atom. The number of hydrazone groups is 1. The summed E-state index contributed by atoms with van der Waals surface area (Å²) in [5, 5.41) is 7.82. The fraction of sp³-hybridized carbons (Fsp3) is 0.263. The van der Waals surface area contributed by atoms with Gasteiger partial charge in [-0.3, -0.25) is 5.43 Å². The first-order valence-electron chi connectivity index (χ1n) is 7.85. The third-order valence-corrected chi connectivity index (χ3v) is 4.08. The van der Waals surface area contributed by atoms with Crippen molar-refractivity contribution in [3.63, 3.8) is 0 Å². The number of hydrogen-bond donors (Lipinski definition) is 2. The van der Waals surface area contributed by atoms with Gasteiger partial charge in [0.1, 0.15) is 0 Å². The molecule has 0 amide bonds. The van der Waals surface area contributed by atoms with Gasteiger partial charge in [-0.15, -0.1) is 0 Å². The highest BCUT2D eigenvalue weighted by Crippen LogP contribution is 2.29. The van der Waals surface area contributed by atoms with Crippen molar-refractivity contribution in [1.82, 2.24) is 5.43 Å². The van der Waals surface area contributed by atoms with Crippen molar-refractivity contribution in [2.45, 2.75) is 20.8 Å². The van der Waals surface area contributed by atoms with E-state index in [4.69, 9.17) is 21.7 Å². The molecule has 0 unspecified atom stereocenters. The van der Waals surface area contributed by atoms with E-state index in [1.807, 2.05) is 31.2 Å². The Bertz CT molecular complexity index is 803. The number of rotatable bonds is 5. The van der Waals surface area contributed by atoms with Crippen LogP contribution in [0.15, 0.2) is 41.5 Å². The molecule has 25 heavy (non-hydrogen) atoms. The number of methoxy groups -OCH3 is 2. The summed E-state index contributed by atoms with van der Waals surface area (Å²) < 4.78 is 10.5. The normalized spacial score (nSPS) is 11.0. The van der Waals surface area contributed by atoms with E-state index < -0.39 is 0 Å². The number of anilines is 1. The lowest BCUT2D eigenvalue weighted by atomic mass is 10.0. The predicted molar refractivity (Wildman–Crippen MR) is 107 cm³/mol.